The minimum absolute atomic E-state index is 0.0554. The zero-order valence-electron chi connectivity index (χ0n) is 14.4. The number of ether oxygens (including phenoxy) is 2. The summed E-state index contributed by atoms with van der Waals surface area (Å²) in [6.45, 7) is 3.52. The number of carbonyl (C=O) groups is 2. The fraction of sp³-hybridized carbons (Fsp3) is 0.250. The van der Waals surface area contributed by atoms with Crippen molar-refractivity contribution in [2.45, 2.75) is 13.8 Å². The van der Waals surface area contributed by atoms with Crippen molar-refractivity contribution < 1.29 is 19.1 Å². The third-order valence-electron chi connectivity index (χ3n) is 3.30. The Morgan fingerprint density at radius 3 is 2.58 bits per heavy atom. The molecule has 26 heavy (non-hydrogen) atoms. The fourth-order valence-electron chi connectivity index (χ4n) is 2.20. The Kier molecular flexibility index (Phi) is 6.68. The van der Waals surface area contributed by atoms with Crippen molar-refractivity contribution >= 4 is 61.6 Å². The summed E-state index contributed by atoms with van der Waals surface area (Å²) < 4.78 is 10.7. The van der Waals surface area contributed by atoms with Crippen molar-refractivity contribution in [2.75, 3.05) is 19.5 Å². The van der Waals surface area contributed by atoms with E-state index in [9.17, 15) is 9.59 Å². The van der Waals surface area contributed by atoms with E-state index in [0.29, 0.717) is 27.0 Å². The summed E-state index contributed by atoms with van der Waals surface area (Å²) in [6, 6.07) is 3.49. The SMILES string of the molecule is COC(=O)c1sc(NC(=S)NC(=O)c2cc(Br)cc(C)c2OC)nc1C. The number of aryl methyl sites for hydroxylation is 2. The van der Waals surface area contributed by atoms with Crippen LogP contribution in [0.25, 0.3) is 0 Å². The molecule has 0 atom stereocenters. The Morgan fingerprint density at radius 1 is 1.27 bits per heavy atom. The number of rotatable bonds is 4. The molecular weight excluding hydrogens is 442 g/mol. The van der Waals surface area contributed by atoms with E-state index < -0.39 is 11.9 Å². The minimum Gasteiger partial charge on any atom is -0.496 e. The quantitative estimate of drug-likeness (QED) is 0.536. The van der Waals surface area contributed by atoms with Gasteiger partial charge in [-0.2, -0.15) is 0 Å². The average Bonchev–Trinajstić information content (AvgIpc) is 2.93. The van der Waals surface area contributed by atoms with Crippen LogP contribution in [0, 0.1) is 13.8 Å². The van der Waals surface area contributed by atoms with Crippen LogP contribution in [-0.2, 0) is 4.74 Å². The molecule has 7 nitrogen and oxygen atoms in total. The summed E-state index contributed by atoms with van der Waals surface area (Å²) in [4.78, 5) is 28.7. The Hall–Kier alpha value is -2.04. The number of hydrogen-bond acceptors (Lipinski definition) is 7. The van der Waals surface area contributed by atoms with Crippen molar-refractivity contribution in [3.63, 3.8) is 0 Å². The lowest BCUT2D eigenvalue weighted by molar-refractivity contribution is 0.0605. The van der Waals surface area contributed by atoms with Gasteiger partial charge in [0, 0.05) is 4.47 Å². The highest BCUT2D eigenvalue weighted by molar-refractivity contribution is 9.10. The van der Waals surface area contributed by atoms with Gasteiger partial charge in [-0.1, -0.05) is 27.3 Å². The van der Waals surface area contributed by atoms with Crippen molar-refractivity contribution in [2.24, 2.45) is 0 Å². The van der Waals surface area contributed by atoms with E-state index in [4.69, 9.17) is 17.0 Å². The topological polar surface area (TPSA) is 89.6 Å². The molecule has 0 aliphatic rings. The van der Waals surface area contributed by atoms with Gasteiger partial charge in [0.15, 0.2) is 10.2 Å². The average molecular weight is 458 g/mol. The van der Waals surface area contributed by atoms with Crippen LogP contribution in [-0.4, -0.2) is 36.2 Å². The molecule has 0 saturated heterocycles. The second-order valence-electron chi connectivity index (χ2n) is 5.14. The van der Waals surface area contributed by atoms with Crippen LogP contribution >= 0.6 is 39.5 Å². The molecule has 0 fully saturated rings. The first-order chi connectivity index (χ1) is 12.3. The van der Waals surface area contributed by atoms with Crippen LogP contribution < -0.4 is 15.4 Å². The predicted octanol–water partition coefficient (Wildman–Crippen LogP) is 3.44. The van der Waals surface area contributed by atoms with Gasteiger partial charge in [0.05, 0.1) is 25.5 Å². The largest absolute Gasteiger partial charge is 0.496 e. The number of thiazole rings is 1. The molecule has 0 radical (unpaired) electrons. The van der Waals surface area contributed by atoms with Gasteiger partial charge in [-0.15, -0.1) is 0 Å². The number of carbonyl (C=O) groups excluding carboxylic acids is 2. The highest BCUT2D eigenvalue weighted by Gasteiger charge is 2.19. The highest BCUT2D eigenvalue weighted by Crippen LogP contribution is 2.28. The number of amides is 1. The maximum absolute atomic E-state index is 12.5. The van der Waals surface area contributed by atoms with Crippen molar-refractivity contribution in [3.8, 4) is 5.75 Å². The molecule has 1 heterocycles. The Morgan fingerprint density at radius 2 is 1.96 bits per heavy atom. The van der Waals surface area contributed by atoms with Gasteiger partial charge in [0.2, 0.25) is 0 Å². The zero-order chi connectivity index (χ0) is 19.4. The normalized spacial score (nSPS) is 10.2. The molecule has 0 unspecified atom stereocenters. The Labute approximate surface area is 168 Å². The van der Waals surface area contributed by atoms with Gasteiger partial charge in [0.1, 0.15) is 10.6 Å². The summed E-state index contributed by atoms with van der Waals surface area (Å²) in [5.41, 5.74) is 1.67. The number of nitrogens with one attached hydrogen (secondary N) is 2. The van der Waals surface area contributed by atoms with Crippen LogP contribution in [0.4, 0.5) is 5.13 Å². The predicted molar refractivity (Wildman–Crippen MR) is 107 cm³/mol. The number of benzene rings is 1. The first-order valence-corrected chi connectivity index (χ1v) is 9.30. The van der Waals surface area contributed by atoms with E-state index in [0.717, 1.165) is 21.4 Å². The van der Waals surface area contributed by atoms with Gasteiger partial charge < -0.3 is 14.8 Å². The number of esters is 1. The molecule has 2 rings (SSSR count). The lowest BCUT2D eigenvalue weighted by Crippen LogP contribution is -2.34. The highest BCUT2D eigenvalue weighted by atomic mass is 79.9. The van der Waals surface area contributed by atoms with Gasteiger partial charge in [-0.3, -0.25) is 10.1 Å². The third kappa shape index (κ3) is 4.57. The second kappa shape index (κ2) is 8.56. The smallest absolute Gasteiger partial charge is 0.350 e. The molecule has 10 heteroatoms. The number of halogens is 1. The Balaban J connectivity index is 2.14. The monoisotopic (exact) mass is 457 g/mol. The van der Waals surface area contributed by atoms with Crippen molar-refractivity contribution in [3.05, 3.63) is 38.3 Å². The maximum atomic E-state index is 12.5. The molecule has 0 aliphatic carbocycles. The van der Waals surface area contributed by atoms with Crippen molar-refractivity contribution in [1.82, 2.24) is 10.3 Å². The molecule has 0 spiro atoms. The Bertz CT molecular complexity index is 883. The summed E-state index contributed by atoms with van der Waals surface area (Å²) in [5.74, 6) is -0.436. The molecule has 0 saturated carbocycles. The summed E-state index contributed by atoms with van der Waals surface area (Å²) in [7, 11) is 2.79. The number of methoxy groups -OCH3 is 2. The minimum atomic E-state index is -0.475. The zero-order valence-corrected chi connectivity index (χ0v) is 17.6. The second-order valence-corrected chi connectivity index (χ2v) is 7.46. The lowest BCUT2D eigenvalue weighted by atomic mass is 10.1. The molecule has 0 bridgehead atoms. The summed E-state index contributed by atoms with van der Waals surface area (Å²) in [6.07, 6.45) is 0. The molecule has 2 N–H and O–H groups in total. The molecule has 138 valence electrons. The van der Waals surface area contributed by atoms with Gasteiger partial charge in [-0.05, 0) is 43.8 Å². The van der Waals surface area contributed by atoms with Crippen LogP contribution in [0.15, 0.2) is 16.6 Å². The number of anilines is 1. The molecule has 0 aliphatic heterocycles. The molecule has 2 aromatic rings. The van der Waals surface area contributed by atoms with Gasteiger partial charge in [0.25, 0.3) is 5.91 Å². The van der Waals surface area contributed by atoms with E-state index in [1.54, 1.807) is 13.0 Å². The van der Waals surface area contributed by atoms with Crippen LogP contribution in [0.1, 0.15) is 31.3 Å². The number of nitrogens with zero attached hydrogens (tertiary/aromatic N) is 1. The van der Waals surface area contributed by atoms with Crippen LogP contribution in [0.2, 0.25) is 0 Å². The molecule has 1 aromatic heterocycles. The van der Waals surface area contributed by atoms with E-state index in [-0.39, 0.29) is 5.11 Å². The maximum Gasteiger partial charge on any atom is 0.350 e. The molecular formula is C16H16BrN3O4S2. The number of hydrogen-bond donors (Lipinski definition) is 2. The van der Waals surface area contributed by atoms with Gasteiger partial charge in [-0.25, -0.2) is 9.78 Å². The van der Waals surface area contributed by atoms with E-state index in [1.807, 2.05) is 13.0 Å². The van der Waals surface area contributed by atoms with Crippen LogP contribution in [0.5, 0.6) is 5.75 Å². The van der Waals surface area contributed by atoms with E-state index in [2.05, 4.69) is 36.3 Å². The molecule has 1 amide bonds. The number of aromatic nitrogens is 1. The lowest BCUT2D eigenvalue weighted by Gasteiger charge is -2.13. The standard InChI is InChI=1S/C16H16BrN3O4S2/c1-7-5-9(17)6-10(11(7)23-3)13(21)19-15(25)20-16-18-8(2)12(26-16)14(22)24-4/h5-6H,1-4H3,(H2,18,19,20,21,25). The van der Waals surface area contributed by atoms with E-state index in [1.165, 1.54) is 14.2 Å². The number of thiocarbonyl (C=S) groups is 1. The third-order valence-corrected chi connectivity index (χ3v) is 5.02. The molecule has 1 aromatic carbocycles. The van der Waals surface area contributed by atoms with Crippen molar-refractivity contribution in [1.29, 1.82) is 0 Å². The summed E-state index contributed by atoms with van der Waals surface area (Å²) >= 11 is 9.61. The first kappa shape index (κ1) is 20.3. The van der Waals surface area contributed by atoms with Crippen LogP contribution in [0.3, 0.4) is 0 Å². The van der Waals surface area contributed by atoms with E-state index >= 15 is 0 Å². The van der Waals surface area contributed by atoms with Gasteiger partial charge >= 0.3 is 5.97 Å². The first-order valence-electron chi connectivity index (χ1n) is 7.29. The summed E-state index contributed by atoms with van der Waals surface area (Å²) in [5, 5.41) is 5.81. The fourth-order valence-corrected chi connectivity index (χ4v) is 3.92.